The van der Waals surface area contributed by atoms with Crippen LogP contribution in [-0.4, -0.2) is 31.9 Å². The van der Waals surface area contributed by atoms with Gasteiger partial charge in [-0.3, -0.25) is 4.79 Å². The van der Waals surface area contributed by atoms with Crippen molar-refractivity contribution in [1.29, 1.82) is 5.26 Å². The van der Waals surface area contributed by atoms with Crippen LogP contribution in [0.2, 0.25) is 0 Å². The Morgan fingerprint density at radius 2 is 1.85 bits per heavy atom. The van der Waals surface area contributed by atoms with E-state index in [-0.39, 0.29) is 22.9 Å². The molecular formula is C21H17F3N4O4S2. The number of aryl methyl sites for hydroxylation is 1. The molecule has 1 aromatic heterocycles. The van der Waals surface area contributed by atoms with Crippen LogP contribution in [0.15, 0.2) is 48.5 Å². The summed E-state index contributed by atoms with van der Waals surface area (Å²) in [4.78, 5) is 18.5. The third-order valence-electron chi connectivity index (χ3n) is 4.34. The van der Waals surface area contributed by atoms with Crippen LogP contribution in [0.4, 0.5) is 24.0 Å². The molecule has 1 N–H and O–H groups in total. The molecule has 13 heteroatoms. The average molecular weight is 511 g/mol. The largest absolute Gasteiger partial charge is 0.573 e. The number of anilines is 2. The number of halogens is 3. The summed E-state index contributed by atoms with van der Waals surface area (Å²) in [5.41, 5.74) is 0.890. The molecule has 0 bridgehead atoms. The van der Waals surface area contributed by atoms with Crippen LogP contribution < -0.4 is 14.4 Å². The van der Waals surface area contributed by atoms with Crippen LogP contribution >= 0.6 is 11.3 Å². The van der Waals surface area contributed by atoms with Gasteiger partial charge in [-0.2, -0.15) is 5.26 Å². The molecule has 1 heterocycles. The van der Waals surface area contributed by atoms with Gasteiger partial charge in [-0.25, -0.2) is 18.1 Å². The zero-order valence-corrected chi connectivity index (χ0v) is 19.4. The summed E-state index contributed by atoms with van der Waals surface area (Å²) in [6.07, 6.45) is -4.07. The van der Waals surface area contributed by atoms with Crippen LogP contribution in [0.25, 0.3) is 0 Å². The van der Waals surface area contributed by atoms with Crippen molar-refractivity contribution < 1.29 is 31.1 Å². The van der Waals surface area contributed by atoms with E-state index in [9.17, 15) is 26.4 Å². The highest BCUT2D eigenvalue weighted by atomic mass is 32.2. The number of aromatic nitrogens is 1. The second-order valence-electron chi connectivity index (χ2n) is 7.00. The van der Waals surface area contributed by atoms with Gasteiger partial charge in [0, 0.05) is 16.1 Å². The minimum absolute atomic E-state index is 0.127. The van der Waals surface area contributed by atoms with E-state index in [0.29, 0.717) is 16.1 Å². The van der Waals surface area contributed by atoms with E-state index in [1.54, 1.807) is 25.1 Å². The molecule has 0 saturated heterocycles. The maximum Gasteiger partial charge on any atom is 0.573 e. The summed E-state index contributed by atoms with van der Waals surface area (Å²) < 4.78 is 67.6. The number of amides is 1. The highest BCUT2D eigenvalue weighted by Gasteiger charge is 2.32. The maximum absolute atomic E-state index is 12.9. The minimum atomic E-state index is -4.90. The molecule has 0 aliphatic rings. The molecule has 3 rings (SSSR count). The summed E-state index contributed by atoms with van der Waals surface area (Å²) in [7, 11) is -3.83. The van der Waals surface area contributed by atoms with Crippen LogP contribution in [0.1, 0.15) is 26.5 Å². The fourth-order valence-electron chi connectivity index (χ4n) is 2.94. The van der Waals surface area contributed by atoms with Crippen molar-refractivity contribution in [3.8, 4) is 11.8 Å². The number of para-hydroxylation sites is 1. The molecule has 0 atom stereocenters. The number of nitriles is 1. The number of hydrogen-bond acceptors (Lipinski definition) is 8. The van der Waals surface area contributed by atoms with E-state index in [1.807, 2.05) is 10.8 Å². The SMILES string of the molecule is Cc1sc(N(Cc2ccccc2OC(F)(F)F)c2ccc(C#N)cc2)nc1C(=O)NS(C)(=O)=O. The third kappa shape index (κ3) is 6.46. The monoisotopic (exact) mass is 510 g/mol. The first-order valence-electron chi connectivity index (χ1n) is 9.47. The zero-order chi connectivity index (χ0) is 25.1. The van der Waals surface area contributed by atoms with Gasteiger partial charge in [0.15, 0.2) is 5.13 Å². The molecule has 0 saturated carbocycles. The fraction of sp³-hybridized carbons (Fsp3) is 0.190. The van der Waals surface area contributed by atoms with E-state index in [2.05, 4.69) is 9.72 Å². The van der Waals surface area contributed by atoms with Crippen LogP contribution in [0, 0.1) is 18.3 Å². The lowest BCUT2D eigenvalue weighted by Crippen LogP contribution is -2.30. The van der Waals surface area contributed by atoms with Gasteiger partial charge in [0.05, 0.1) is 24.4 Å². The number of alkyl halides is 3. The summed E-state index contributed by atoms with van der Waals surface area (Å²) in [6.45, 7) is 1.44. The lowest BCUT2D eigenvalue weighted by molar-refractivity contribution is -0.274. The quantitative estimate of drug-likeness (QED) is 0.506. The topological polar surface area (TPSA) is 112 Å². The second kappa shape index (κ2) is 9.70. The second-order valence-corrected chi connectivity index (χ2v) is 9.94. The molecule has 34 heavy (non-hydrogen) atoms. The van der Waals surface area contributed by atoms with Crippen LogP contribution in [0.3, 0.4) is 0 Å². The molecule has 0 fully saturated rings. The van der Waals surface area contributed by atoms with Crippen LogP contribution in [-0.2, 0) is 16.6 Å². The summed E-state index contributed by atoms with van der Waals surface area (Å²) >= 11 is 1.05. The Morgan fingerprint density at radius 3 is 2.44 bits per heavy atom. The molecule has 0 aliphatic heterocycles. The highest BCUT2D eigenvalue weighted by molar-refractivity contribution is 7.89. The number of ether oxygens (including phenoxy) is 1. The first-order valence-corrected chi connectivity index (χ1v) is 12.2. The molecule has 0 aliphatic carbocycles. The predicted molar refractivity (Wildman–Crippen MR) is 119 cm³/mol. The molecule has 178 valence electrons. The molecule has 8 nitrogen and oxygen atoms in total. The number of benzene rings is 2. The number of rotatable bonds is 7. The Bertz CT molecular complexity index is 1350. The van der Waals surface area contributed by atoms with Gasteiger partial charge in [0.1, 0.15) is 11.4 Å². The third-order valence-corrected chi connectivity index (χ3v) is 5.89. The molecule has 3 aromatic rings. The average Bonchev–Trinajstić information content (AvgIpc) is 3.12. The van der Waals surface area contributed by atoms with Gasteiger partial charge in [-0.1, -0.05) is 18.2 Å². The van der Waals surface area contributed by atoms with Crippen molar-refractivity contribution in [3.05, 3.63) is 70.2 Å². The van der Waals surface area contributed by atoms with E-state index >= 15 is 0 Å². The van der Waals surface area contributed by atoms with Crippen molar-refractivity contribution >= 4 is 38.1 Å². The van der Waals surface area contributed by atoms with E-state index < -0.39 is 28.0 Å². The smallest absolute Gasteiger partial charge is 0.405 e. The Kier molecular flexibility index (Phi) is 7.13. The van der Waals surface area contributed by atoms with Gasteiger partial charge in [-0.05, 0) is 37.3 Å². The first-order chi connectivity index (χ1) is 15.9. The number of thiazole rings is 1. The summed E-state index contributed by atoms with van der Waals surface area (Å²) in [5.74, 6) is -1.33. The predicted octanol–water partition coefficient (Wildman–Crippen LogP) is 4.25. The summed E-state index contributed by atoms with van der Waals surface area (Å²) in [6, 6.07) is 13.8. The summed E-state index contributed by atoms with van der Waals surface area (Å²) in [5, 5.41) is 9.29. The molecule has 0 radical (unpaired) electrons. The Labute approximate surface area is 197 Å². The number of sulfonamides is 1. The van der Waals surface area contributed by atoms with E-state index in [0.717, 1.165) is 17.6 Å². The molecule has 0 unspecified atom stereocenters. The standard InChI is InChI=1S/C21H17F3N4O4S2/c1-13-18(19(29)27-34(2,30)31)26-20(33-13)28(16-9-7-14(11-25)8-10-16)12-15-5-3-4-6-17(15)32-21(22,23)24/h3-10H,12H2,1-2H3,(H,27,29). The Morgan fingerprint density at radius 1 is 1.21 bits per heavy atom. The number of carbonyl (C=O) groups excluding carboxylic acids is 1. The van der Waals surface area contributed by atoms with Crippen molar-refractivity contribution in [2.45, 2.75) is 19.8 Å². The fourth-order valence-corrected chi connectivity index (χ4v) is 4.30. The molecule has 0 spiro atoms. The van der Waals surface area contributed by atoms with Gasteiger partial charge in [0.25, 0.3) is 5.91 Å². The van der Waals surface area contributed by atoms with Gasteiger partial charge in [-0.15, -0.1) is 24.5 Å². The maximum atomic E-state index is 12.9. The van der Waals surface area contributed by atoms with Crippen molar-refractivity contribution in [2.24, 2.45) is 0 Å². The molecule has 1 amide bonds. The zero-order valence-electron chi connectivity index (χ0n) is 17.8. The number of nitrogens with one attached hydrogen (secondary N) is 1. The lowest BCUT2D eigenvalue weighted by Gasteiger charge is -2.24. The van der Waals surface area contributed by atoms with Crippen molar-refractivity contribution in [1.82, 2.24) is 9.71 Å². The number of carbonyl (C=O) groups is 1. The van der Waals surface area contributed by atoms with Gasteiger partial charge in [0.2, 0.25) is 10.0 Å². The normalized spacial score (nSPS) is 11.5. The molecule has 2 aromatic carbocycles. The van der Waals surface area contributed by atoms with Gasteiger partial charge >= 0.3 is 6.36 Å². The Hall–Kier alpha value is -3.63. The first kappa shape index (κ1) is 25.0. The minimum Gasteiger partial charge on any atom is -0.405 e. The van der Waals surface area contributed by atoms with Crippen LogP contribution in [0.5, 0.6) is 5.75 Å². The molecular weight excluding hydrogens is 493 g/mol. The lowest BCUT2D eigenvalue weighted by atomic mass is 10.1. The number of nitrogens with zero attached hydrogens (tertiary/aromatic N) is 3. The highest BCUT2D eigenvalue weighted by Crippen LogP contribution is 2.35. The Balaban J connectivity index is 2.06. The van der Waals surface area contributed by atoms with E-state index in [4.69, 9.17) is 5.26 Å². The van der Waals surface area contributed by atoms with Crippen molar-refractivity contribution in [2.75, 3.05) is 11.2 Å². The van der Waals surface area contributed by atoms with Crippen molar-refractivity contribution in [3.63, 3.8) is 0 Å². The van der Waals surface area contributed by atoms with Gasteiger partial charge < -0.3 is 9.64 Å². The number of hydrogen-bond donors (Lipinski definition) is 1. The van der Waals surface area contributed by atoms with E-state index in [1.165, 1.54) is 35.2 Å².